The molecule has 51 heavy (non-hydrogen) atoms. The molecule has 0 saturated carbocycles. The summed E-state index contributed by atoms with van der Waals surface area (Å²) in [6.07, 6.45) is 4.95. The highest BCUT2D eigenvalue weighted by Gasteiger charge is 2.17. The molecule has 296 valence electrons. The quantitative estimate of drug-likeness (QED) is 0.0237. The normalized spacial score (nSPS) is 11.3. The number of esters is 1. The minimum absolute atomic E-state index is 0.00197. The monoisotopic (exact) mass is 844 g/mol. The molecular formula is C36H61IO14. The summed E-state index contributed by atoms with van der Waals surface area (Å²) in [5.41, 5.74) is 0.296. The molecule has 0 heterocycles. The molecule has 0 unspecified atom stereocenters. The van der Waals surface area contributed by atoms with Crippen molar-refractivity contribution in [3.8, 4) is 0 Å². The fraction of sp³-hybridized carbons (Fsp3) is 0.778. The predicted octanol–water partition coefficient (Wildman–Crippen LogP) is 3.59. The van der Waals surface area contributed by atoms with Crippen LogP contribution in [0.5, 0.6) is 0 Å². The number of benzene rings is 1. The zero-order chi connectivity index (χ0) is 36.6. The van der Waals surface area contributed by atoms with E-state index in [1.165, 1.54) is 23.7 Å². The maximum atomic E-state index is 11.9. The number of alkyl halides is 1. The first-order chi connectivity index (χ1) is 25.3. The Kier molecular flexibility index (Phi) is 37.2. The van der Waals surface area contributed by atoms with Crippen molar-refractivity contribution in [2.45, 2.75) is 25.7 Å². The number of halogens is 1. The van der Waals surface area contributed by atoms with Gasteiger partial charge in [-0.05, 0) is 17.3 Å². The highest BCUT2D eigenvalue weighted by molar-refractivity contribution is 14.1. The van der Waals surface area contributed by atoms with Crippen molar-refractivity contribution in [3.63, 3.8) is 0 Å². The van der Waals surface area contributed by atoms with Crippen LogP contribution in [0.2, 0.25) is 0 Å². The van der Waals surface area contributed by atoms with E-state index in [0.29, 0.717) is 138 Å². The number of hydrogen-bond acceptors (Lipinski definition) is 14. The number of rotatable bonds is 41. The lowest BCUT2D eigenvalue weighted by Gasteiger charge is -2.09. The molecule has 0 radical (unpaired) electrons. The molecule has 1 rings (SSSR count). The Balaban J connectivity index is 1.64. The lowest BCUT2D eigenvalue weighted by Crippen LogP contribution is -2.20. The van der Waals surface area contributed by atoms with Gasteiger partial charge in [-0.2, -0.15) is 0 Å². The third kappa shape index (κ3) is 34.2. The van der Waals surface area contributed by atoms with Gasteiger partial charge in [-0.1, -0.05) is 65.8 Å². The summed E-state index contributed by atoms with van der Waals surface area (Å²) in [6, 6.07) is 8.26. The Morgan fingerprint density at radius 1 is 0.373 bits per heavy atom. The Morgan fingerprint density at radius 3 is 1.00 bits per heavy atom. The third-order valence-corrected chi connectivity index (χ3v) is 7.34. The molecule has 0 amide bonds. The number of hydrogen-bond donors (Lipinski definition) is 0. The standard InChI is InChI=1S/C36H61IO14/c37-10-6-1-2-7-11-40-12-13-41-14-15-42-16-17-43-18-19-44-20-21-45-22-23-46-24-25-47-26-27-48-28-29-49-30-31-50-32-33-51-36(39)35(38)34-8-4-3-5-9-34/h3-5,8-9H,1-2,6-7,10-33H2. The zero-order valence-corrected chi connectivity index (χ0v) is 32.4. The second-order valence-electron chi connectivity index (χ2n) is 10.7. The Hall–Kier alpha value is -1.35. The van der Waals surface area contributed by atoms with Crippen molar-refractivity contribution in [2.24, 2.45) is 0 Å². The lowest BCUT2D eigenvalue weighted by molar-refractivity contribution is -0.139. The van der Waals surface area contributed by atoms with E-state index in [4.69, 9.17) is 56.8 Å². The molecule has 0 saturated heterocycles. The van der Waals surface area contributed by atoms with Gasteiger partial charge < -0.3 is 56.8 Å². The average molecular weight is 845 g/mol. The lowest BCUT2D eigenvalue weighted by atomic mass is 10.1. The average Bonchev–Trinajstić information content (AvgIpc) is 3.15. The molecule has 1 aromatic rings. The van der Waals surface area contributed by atoms with Crippen LogP contribution in [0.15, 0.2) is 30.3 Å². The maximum Gasteiger partial charge on any atom is 0.379 e. The van der Waals surface area contributed by atoms with Crippen molar-refractivity contribution in [1.29, 1.82) is 0 Å². The number of ether oxygens (including phenoxy) is 12. The van der Waals surface area contributed by atoms with Crippen molar-refractivity contribution in [2.75, 3.05) is 156 Å². The van der Waals surface area contributed by atoms with Crippen LogP contribution in [-0.4, -0.2) is 168 Å². The Morgan fingerprint density at radius 2 is 0.667 bits per heavy atom. The summed E-state index contributed by atoms with van der Waals surface area (Å²) in [5.74, 6) is -1.57. The van der Waals surface area contributed by atoms with Crippen LogP contribution < -0.4 is 0 Å². The van der Waals surface area contributed by atoms with E-state index in [1.54, 1.807) is 30.3 Å². The Bertz CT molecular complexity index is 883. The minimum Gasteiger partial charge on any atom is -0.457 e. The topological polar surface area (TPSA) is 145 Å². The first-order valence-corrected chi connectivity index (χ1v) is 19.5. The molecule has 1 aromatic carbocycles. The van der Waals surface area contributed by atoms with Gasteiger partial charge in [-0.15, -0.1) is 0 Å². The van der Waals surface area contributed by atoms with Crippen LogP contribution in [0.1, 0.15) is 36.0 Å². The van der Waals surface area contributed by atoms with Crippen molar-refractivity contribution >= 4 is 34.3 Å². The van der Waals surface area contributed by atoms with E-state index in [1.807, 2.05) is 0 Å². The van der Waals surface area contributed by atoms with Crippen molar-refractivity contribution in [1.82, 2.24) is 0 Å². The van der Waals surface area contributed by atoms with Gasteiger partial charge in [0.1, 0.15) is 6.61 Å². The summed E-state index contributed by atoms with van der Waals surface area (Å²) < 4.78 is 66.3. The van der Waals surface area contributed by atoms with Gasteiger partial charge in [-0.3, -0.25) is 4.79 Å². The highest BCUT2D eigenvalue weighted by atomic mass is 127. The summed E-state index contributed by atoms with van der Waals surface area (Å²) >= 11 is 2.42. The Labute approximate surface area is 317 Å². The van der Waals surface area contributed by atoms with E-state index in [9.17, 15) is 9.59 Å². The number of ketones is 1. The molecule has 0 bridgehead atoms. The third-order valence-electron chi connectivity index (χ3n) is 6.57. The highest BCUT2D eigenvalue weighted by Crippen LogP contribution is 2.03. The summed E-state index contributed by atoms with van der Waals surface area (Å²) in [7, 11) is 0. The molecule has 0 spiro atoms. The number of unbranched alkanes of at least 4 members (excludes halogenated alkanes) is 3. The molecule has 0 N–H and O–H groups in total. The van der Waals surface area contributed by atoms with E-state index < -0.39 is 11.8 Å². The largest absolute Gasteiger partial charge is 0.457 e. The van der Waals surface area contributed by atoms with Crippen molar-refractivity contribution in [3.05, 3.63) is 35.9 Å². The van der Waals surface area contributed by atoms with E-state index >= 15 is 0 Å². The second-order valence-corrected chi connectivity index (χ2v) is 11.7. The van der Waals surface area contributed by atoms with Crippen LogP contribution >= 0.6 is 22.6 Å². The van der Waals surface area contributed by atoms with E-state index in [-0.39, 0.29) is 13.2 Å². The smallest absolute Gasteiger partial charge is 0.379 e. The molecule has 0 aliphatic rings. The molecule has 14 nitrogen and oxygen atoms in total. The van der Waals surface area contributed by atoms with E-state index in [0.717, 1.165) is 13.0 Å². The van der Waals surface area contributed by atoms with Gasteiger partial charge in [0.2, 0.25) is 0 Å². The van der Waals surface area contributed by atoms with Crippen LogP contribution in [0.3, 0.4) is 0 Å². The van der Waals surface area contributed by atoms with Gasteiger partial charge in [0.05, 0.1) is 139 Å². The van der Waals surface area contributed by atoms with Crippen LogP contribution in [-0.2, 0) is 61.6 Å². The molecule has 0 aliphatic heterocycles. The molecule has 0 atom stereocenters. The number of carbonyl (C=O) groups is 2. The van der Waals surface area contributed by atoms with Crippen molar-refractivity contribution < 1.29 is 66.4 Å². The maximum absolute atomic E-state index is 11.9. The first kappa shape index (κ1) is 47.7. The minimum atomic E-state index is -0.896. The van der Waals surface area contributed by atoms with Gasteiger partial charge >= 0.3 is 5.97 Å². The molecule has 0 aromatic heterocycles. The summed E-state index contributed by atoms with van der Waals surface area (Å²) in [6.45, 7) is 10.8. The van der Waals surface area contributed by atoms with E-state index in [2.05, 4.69) is 22.6 Å². The molecule has 15 heteroatoms. The molecule has 0 fully saturated rings. The van der Waals surface area contributed by atoms with Gasteiger partial charge in [0.25, 0.3) is 5.78 Å². The van der Waals surface area contributed by atoms with Gasteiger partial charge in [0.15, 0.2) is 0 Å². The van der Waals surface area contributed by atoms with Crippen LogP contribution in [0.25, 0.3) is 0 Å². The SMILES string of the molecule is O=C(OCCOCCOCCOCCOCCOCCOCCOCCOCCOCCOCCOCCCCCCI)C(=O)c1ccccc1. The number of carbonyl (C=O) groups excluding carboxylic acids is 2. The van der Waals surface area contributed by atoms with Crippen LogP contribution in [0.4, 0.5) is 0 Å². The summed E-state index contributed by atoms with van der Waals surface area (Å²) in [5, 5.41) is 0. The predicted molar refractivity (Wildman–Crippen MR) is 198 cm³/mol. The van der Waals surface area contributed by atoms with Crippen LogP contribution in [0, 0.1) is 0 Å². The zero-order valence-electron chi connectivity index (χ0n) is 30.3. The fourth-order valence-corrected chi connectivity index (χ4v) is 4.46. The molecular weight excluding hydrogens is 783 g/mol. The molecule has 0 aliphatic carbocycles. The van der Waals surface area contributed by atoms with Gasteiger partial charge in [-0.25, -0.2) is 4.79 Å². The van der Waals surface area contributed by atoms with Gasteiger partial charge in [0, 0.05) is 12.2 Å². The number of Topliss-reactive ketones (excluding diaryl/α,β-unsaturated/α-hetero) is 1. The second kappa shape index (κ2) is 39.8. The fourth-order valence-electron chi connectivity index (χ4n) is 3.92. The summed E-state index contributed by atoms with van der Waals surface area (Å²) in [4.78, 5) is 23.6. The first-order valence-electron chi connectivity index (χ1n) is 17.9.